The van der Waals surface area contributed by atoms with Crippen LogP contribution in [-0.4, -0.2) is 163 Å². The van der Waals surface area contributed by atoms with Gasteiger partial charge in [-0.15, -0.1) is 137 Å². The predicted octanol–water partition coefficient (Wildman–Crippen LogP) is 18.5. The Balaban J connectivity index is 0.000000709. The van der Waals surface area contributed by atoms with Gasteiger partial charge in [0.2, 0.25) is 0 Å². The van der Waals surface area contributed by atoms with Gasteiger partial charge in [-0.3, -0.25) is 24.3 Å². The molecule has 8 unspecified atom stereocenters. The number of hydrogen-bond acceptors (Lipinski definition) is 21. The summed E-state index contributed by atoms with van der Waals surface area (Å²) in [7, 11) is 3.28. The van der Waals surface area contributed by atoms with Gasteiger partial charge in [-0.25, -0.2) is 19.9 Å². The van der Waals surface area contributed by atoms with Gasteiger partial charge in [0.05, 0.1) is 85.8 Å². The van der Waals surface area contributed by atoms with E-state index < -0.39 is 0 Å². The van der Waals surface area contributed by atoms with Crippen molar-refractivity contribution in [3.05, 3.63) is 260 Å². The number of ether oxygens (including phenoxy) is 2. The molecular formula is C93H109FIr4N8O10S3-4. The number of aliphatic hydroxyl groups excluding tert-OH is 8. The van der Waals surface area contributed by atoms with Crippen LogP contribution in [0.15, 0.2) is 222 Å². The second-order valence-electron chi connectivity index (χ2n) is 27.2. The standard InChI is InChI=1S/C19H17N2S.C18H14FN2.C18H15N2O2.C18H15N2S2.4C5H12O2.4Ir/c1-13-5-4-6-14(2)19(13)18-11-17(20-12-21-18)15-7-9-16(22-3)10-8-15;1-12-4-3-5-13(2)18(12)17-10-16(20-11-21-17)14-6-8-15(19)9-7-14;1-21-17-9-5-3-7-13(17)15-11-16(20-12-19-15)14-8-4-6-10-18(14)22-2;1-21-15-7-3-5-13(9-15)17-11-18(20-12-19-17)14-6-4-8-16(10-14)22-2;4*1-4(6)3-5(2)7;;;;/h4-7,9-12H,1-3H3;3-6,8-11H,1-2H3;3-7,9-12H,1-2H3;3-5,7-12H,1-2H3;4*4-7H,3H2,1-2H3;;;;/q4*-1;;;;;;;;. The van der Waals surface area contributed by atoms with E-state index in [1.165, 1.54) is 67.3 Å². The van der Waals surface area contributed by atoms with E-state index in [1.54, 1.807) is 124 Å². The fraction of sp³-hybridized carbons (Fsp3) is 0.312. The summed E-state index contributed by atoms with van der Waals surface area (Å²) in [5.41, 5.74) is 19.5. The van der Waals surface area contributed by atoms with E-state index in [-0.39, 0.29) is 135 Å². The molecule has 8 N–H and O–H groups in total. The van der Waals surface area contributed by atoms with E-state index in [1.807, 2.05) is 84.9 Å². The van der Waals surface area contributed by atoms with Crippen molar-refractivity contribution >= 4 is 35.3 Å². The van der Waals surface area contributed by atoms with Gasteiger partial charge < -0.3 is 50.3 Å². The van der Waals surface area contributed by atoms with E-state index in [0.29, 0.717) is 25.7 Å². The molecule has 0 spiro atoms. The zero-order chi connectivity index (χ0) is 84.5. The maximum Gasteiger partial charge on any atom is 0.128 e. The maximum absolute atomic E-state index is 13.0. The number of methoxy groups -OCH3 is 2. The summed E-state index contributed by atoms with van der Waals surface area (Å²) in [4.78, 5) is 38.6. The molecule has 0 saturated carbocycles. The second-order valence-corrected chi connectivity index (χ2v) is 29.8. The van der Waals surface area contributed by atoms with Crippen LogP contribution in [0.25, 0.3) is 90.1 Å². The SMILES string of the molecule is CC(O)CC(C)O.CC(O)CC(C)O.CC(O)CC(C)O.CC(O)CC(C)O.COc1ccc[c-]c1-c1cc(-c2ccccc2OC)ncn1.CSc1c[c-]c(-c2cc(-c3c(C)cccc3C)ncn2)cc1.CSc1cc[c-]c(-c2cc(-c3cccc(SC)c3)ncn2)c1.Cc1cccc(C)c1-c1cc(-c2[c-]cc(F)cc2)ncn1.[Ir].[Ir].[Ir].[Ir]. The van der Waals surface area contributed by atoms with Crippen molar-refractivity contribution in [1.82, 2.24) is 39.9 Å². The minimum Gasteiger partial charge on any atom is -0.540 e. The number of thioether (sulfide) groups is 3. The van der Waals surface area contributed by atoms with Gasteiger partial charge >= 0.3 is 0 Å². The quantitative estimate of drug-likeness (QED) is 0.0245. The first-order chi connectivity index (χ1) is 55.0. The van der Waals surface area contributed by atoms with Crippen molar-refractivity contribution in [2.24, 2.45) is 0 Å². The van der Waals surface area contributed by atoms with E-state index in [2.05, 4.69) is 189 Å². The summed E-state index contributed by atoms with van der Waals surface area (Å²) in [5, 5.41) is 68.5. The predicted molar refractivity (Wildman–Crippen MR) is 466 cm³/mol. The Labute approximate surface area is 769 Å². The topological polar surface area (TPSA) is 283 Å². The Morgan fingerprint density at radius 3 is 1.13 bits per heavy atom. The smallest absolute Gasteiger partial charge is 0.128 e. The van der Waals surface area contributed by atoms with Crippen molar-refractivity contribution in [3.63, 3.8) is 0 Å². The number of hydrogen-bond donors (Lipinski definition) is 8. The maximum atomic E-state index is 13.0. The molecule has 8 atom stereocenters. The minimum absolute atomic E-state index is 0. The van der Waals surface area contributed by atoms with Gasteiger partial charge in [-0.05, 0) is 197 Å². The van der Waals surface area contributed by atoms with Crippen LogP contribution in [0.5, 0.6) is 11.5 Å². The molecule has 0 fully saturated rings. The molecule has 646 valence electrons. The Bertz CT molecular complexity index is 4590. The Morgan fingerprint density at radius 2 is 0.714 bits per heavy atom. The van der Waals surface area contributed by atoms with Crippen molar-refractivity contribution in [2.45, 2.75) is 172 Å². The molecule has 0 aliphatic rings. The second kappa shape index (κ2) is 59.6. The van der Waals surface area contributed by atoms with E-state index >= 15 is 0 Å². The van der Waals surface area contributed by atoms with Crippen LogP contribution in [-0.2, 0) is 80.4 Å². The van der Waals surface area contributed by atoms with Gasteiger partial charge in [0, 0.05) is 119 Å². The summed E-state index contributed by atoms with van der Waals surface area (Å²) in [6, 6.07) is 71.4. The van der Waals surface area contributed by atoms with E-state index in [4.69, 9.17) is 50.3 Å². The molecule has 4 radical (unpaired) electrons. The zero-order valence-corrected chi connectivity index (χ0v) is 82.0. The number of aryl methyl sites for hydroxylation is 4. The number of halogens is 1. The number of nitrogens with zero attached hydrogens (tertiary/aromatic N) is 8. The molecule has 12 rings (SSSR count). The largest absolute Gasteiger partial charge is 0.540 e. The summed E-state index contributed by atoms with van der Waals surface area (Å²) in [6.07, 6.45) is 11.4. The summed E-state index contributed by atoms with van der Waals surface area (Å²) in [5.74, 6) is 1.20. The van der Waals surface area contributed by atoms with Crippen LogP contribution in [0, 0.1) is 57.8 Å². The number of rotatable bonds is 21. The third kappa shape index (κ3) is 40.2. The fourth-order valence-electron chi connectivity index (χ4n) is 11.4. The van der Waals surface area contributed by atoms with Crippen LogP contribution < -0.4 is 9.47 Å². The summed E-state index contributed by atoms with van der Waals surface area (Å²) in [6.45, 7) is 21.6. The molecule has 26 heteroatoms. The minimum atomic E-state index is -0.375. The molecule has 0 aliphatic carbocycles. The molecule has 0 saturated heterocycles. The first kappa shape index (κ1) is 110. The number of aliphatic hydroxyl groups is 8. The average molecular weight is 2380 g/mol. The normalized spacial score (nSPS) is 12.2. The van der Waals surface area contributed by atoms with Gasteiger partial charge in [-0.2, -0.15) is 11.8 Å². The van der Waals surface area contributed by atoms with E-state index in [9.17, 15) is 4.39 Å². The van der Waals surface area contributed by atoms with Crippen LogP contribution in [0.4, 0.5) is 4.39 Å². The van der Waals surface area contributed by atoms with Crippen molar-refractivity contribution in [3.8, 4) is 102 Å². The van der Waals surface area contributed by atoms with E-state index in [0.717, 1.165) is 96.0 Å². The van der Waals surface area contributed by atoms with Gasteiger partial charge in [0.1, 0.15) is 31.1 Å². The van der Waals surface area contributed by atoms with Crippen LogP contribution in [0.2, 0.25) is 0 Å². The molecule has 12 aromatic rings. The van der Waals surface area contributed by atoms with Gasteiger partial charge in [0.15, 0.2) is 0 Å². The van der Waals surface area contributed by atoms with Crippen LogP contribution in [0.1, 0.15) is 103 Å². The van der Waals surface area contributed by atoms with Crippen molar-refractivity contribution < 1.29 is 135 Å². The molecular weight excluding hydrogens is 2270 g/mol. The fourth-order valence-corrected chi connectivity index (χ4v) is 12.7. The third-order valence-electron chi connectivity index (χ3n) is 16.5. The van der Waals surface area contributed by atoms with Crippen molar-refractivity contribution in [2.75, 3.05) is 33.0 Å². The average Bonchev–Trinajstić information content (AvgIpc) is 0.760. The van der Waals surface area contributed by atoms with Crippen molar-refractivity contribution in [1.29, 1.82) is 0 Å². The monoisotopic (exact) mass is 2380 g/mol. The molecule has 119 heavy (non-hydrogen) atoms. The summed E-state index contributed by atoms with van der Waals surface area (Å²) < 4.78 is 23.8. The molecule has 4 aromatic heterocycles. The molecule has 8 aromatic carbocycles. The van der Waals surface area contributed by atoms with Crippen LogP contribution >= 0.6 is 35.3 Å². The van der Waals surface area contributed by atoms with Gasteiger partial charge in [-0.1, -0.05) is 100 Å². The molecule has 4 heterocycles. The Morgan fingerprint density at radius 1 is 0.336 bits per heavy atom. The number of para-hydroxylation sites is 1. The number of benzene rings is 8. The van der Waals surface area contributed by atoms with Gasteiger partial charge in [0.25, 0.3) is 0 Å². The Hall–Kier alpha value is -7.06. The first-order valence-corrected chi connectivity index (χ1v) is 41.1. The molecule has 0 bridgehead atoms. The molecule has 18 nitrogen and oxygen atoms in total. The Kier molecular flexibility index (Phi) is 55.1. The molecule has 0 amide bonds. The zero-order valence-electron chi connectivity index (χ0n) is 70.0. The third-order valence-corrected chi connectivity index (χ3v) is 18.7. The number of aromatic nitrogens is 8. The van der Waals surface area contributed by atoms with Crippen LogP contribution in [0.3, 0.4) is 0 Å². The summed E-state index contributed by atoms with van der Waals surface area (Å²) >= 11 is 5.16. The molecule has 0 aliphatic heterocycles. The first-order valence-electron chi connectivity index (χ1n) is 37.5.